The molecular formula is C12H11ClN2OS. The molecule has 2 aromatic rings. The third-order valence-electron chi connectivity index (χ3n) is 2.24. The van der Waals surface area contributed by atoms with Crippen molar-refractivity contribution in [1.82, 2.24) is 10.3 Å². The maximum absolute atomic E-state index is 11.8. The van der Waals surface area contributed by atoms with Gasteiger partial charge in [0.25, 0.3) is 5.91 Å². The molecule has 0 aliphatic carbocycles. The summed E-state index contributed by atoms with van der Waals surface area (Å²) in [5, 5.41) is 4.36. The Labute approximate surface area is 108 Å². The molecule has 0 radical (unpaired) electrons. The van der Waals surface area contributed by atoms with Crippen molar-refractivity contribution in [2.45, 2.75) is 13.5 Å². The van der Waals surface area contributed by atoms with Gasteiger partial charge in [0.2, 0.25) is 0 Å². The fourth-order valence-corrected chi connectivity index (χ4v) is 2.27. The molecule has 0 saturated heterocycles. The van der Waals surface area contributed by atoms with Crippen LogP contribution in [0.1, 0.15) is 20.2 Å². The van der Waals surface area contributed by atoms with E-state index in [0.717, 1.165) is 10.6 Å². The molecule has 2 rings (SSSR count). The topological polar surface area (TPSA) is 42.0 Å². The highest BCUT2D eigenvalue weighted by Crippen LogP contribution is 2.15. The van der Waals surface area contributed by atoms with E-state index in [0.29, 0.717) is 16.4 Å². The van der Waals surface area contributed by atoms with Crippen molar-refractivity contribution in [1.29, 1.82) is 0 Å². The van der Waals surface area contributed by atoms with Crippen LogP contribution in [-0.4, -0.2) is 10.9 Å². The number of carbonyl (C=O) groups excluding carboxylic acids is 1. The van der Waals surface area contributed by atoms with Gasteiger partial charge in [-0.1, -0.05) is 29.8 Å². The highest BCUT2D eigenvalue weighted by atomic mass is 35.5. The van der Waals surface area contributed by atoms with E-state index in [2.05, 4.69) is 10.3 Å². The lowest BCUT2D eigenvalue weighted by atomic mass is 10.2. The molecule has 88 valence electrons. The minimum atomic E-state index is -0.115. The van der Waals surface area contributed by atoms with Crippen LogP contribution in [0.5, 0.6) is 0 Å². The third-order valence-corrected chi connectivity index (χ3v) is 3.52. The molecule has 1 aromatic heterocycles. The number of carbonyl (C=O) groups is 1. The van der Waals surface area contributed by atoms with Crippen LogP contribution in [0.25, 0.3) is 0 Å². The van der Waals surface area contributed by atoms with Crippen LogP contribution in [0.4, 0.5) is 0 Å². The summed E-state index contributed by atoms with van der Waals surface area (Å²) in [6.45, 7) is 2.30. The molecule has 0 bridgehead atoms. The van der Waals surface area contributed by atoms with Crippen molar-refractivity contribution in [2.24, 2.45) is 0 Å². The molecular weight excluding hydrogens is 256 g/mol. The molecule has 1 aromatic carbocycles. The Morgan fingerprint density at radius 2 is 2.24 bits per heavy atom. The molecule has 0 unspecified atom stereocenters. The highest BCUT2D eigenvalue weighted by Gasteiger charge is 2.09. The maximum atomic E-state index is 11.8. The van der Waals surface area contributed by atoms with E-state index in [9.17, 15) is 4.79 Å². The van der Waals surface area contributed by atoms with E-state index < -0.39 is 0 Å². The van der Waals surface area contributed by atoms with Gasteiger partial charge < -0.3 is 5.32 Å². The molecule has 3 nitrogen and oxygen atoms in total. The predicted molar refractivity (Wildman–Crippen MR) is 69.5 cm³/mol. The first-order valence-electron chi connectivity index (χ1n) is 5.11. The first-order valence-corrected chi connectivity index (χ1v) is 6.30. The largest absolute Gasteiger partial charge is 0.347 e. The minimum Gasteiger partial charge on any atom is -0.347 e. The van der Waals surface area contributed by atoms with E-state index >= 15 is 0 Å². The summed E-state index contributed by atoms with van der Waals surface area (Å²) >= 11 is 7.38. The van der Waals surface area contributed by atoms with Crippen molar-refractivity contribution in [3.63, 3.8) is 0 Å². The number of hydrogen-bond acceptors (Lipinski definition) is 3. The zero-order chi connectivity index (χ0) is 12.3. The number of thiazole rings is 1. The van der Waals surface area contributed by atoms with Gasteiger partial charge in [-0.2, -0.15) is 0 Å². The number of rotatable bonds is 3. The van der Waals surface area contributed by atoms with E-state index in [4.69, 9.17) is 11.6 Å². The van der Waals surface area contributed by atoms with Gasteiger partial charge in [0.15, 0.2) is 0 Å². The second-order valence-corrected chi connectivity index (χ2v) is 5.16. The molecule has 5 heteroatoms. The molecule has 0 atom stereocenters. The first-order chi connectivity index (χ1) is 8.16. The SMILES string of the molecule is Cc1ncc(C(=O)NCc2ccccc2Cl)s1. The lowest BCUT2D eigenvalue weighted by Gasteiger charge is -2.05. The Hall–Kier alpha value is -1.39. The predicted octanol–water partition coefficient (Wildman–Crippen LogP) is 3.03. The molecule has 0 aliphatic heterocycles. The Bertz CT molecular complexity index is 539. The summed E-state index contributed by atoms with van der Waals surface area (Å²) < 4.78 is 0. The molecule has 0 spiro atoms. The average Bonchev–Trinajstić information content (AvgIpc) is 2.74. The van der Waals surface area contributed by atoms with Gasteiger partial charge in [0.1, 0.15) is 4.88 Å². The zero-order valence-corrected chi connectivity index (χ0v) is 10.8. The number of halogens is 1. The molecule has 0 fully saturated rings. The van der Waals surface area contributed by atoms with Crippen LogP contribution < -0.4 is 5.32 Å². The highest BCUT2D eigenvalue weighted by molar-refractivity contribution is 7.13. The Morgan fingerprint density at radius 3 is 2.88 bits per heavy atom. The number of nitrogens with zero attached hydrogens (tertiary/aromatic N) is 1. The number of amides is 1. The quantitative estimate of drug-likeness (QED) is 0.928. The van der Waals surface area contributed by atoms with E-state index in [-0.39, 0.29) is 5.91 Å². The van der Waals surface area contributed by atoms with Crippen molar-refractivity contribution >= 4 is 28.8 Å². The monoisotopic (exact) mass is 266 g/mol. The van der Waals surface area contributed by atoms with Crippen LogP contribution in [0, 0.1) is 6.92 Å². The van der Waals surface area contributed by atoms with Gasteiger partial charge in [0.05, 0.1) is 11.2 Å². The molecule has 17 heavy (non-hydrogen) atoms. The summed E-state index contributed by atoms with van der Waals surface area (Å²) in [4.78, 5) is 16.4. The van der Waals surface area contributed by atoms with Crippen LogP contribution in [-0.2, 0) is 6.54 Å². The molecule has 0 aliphatic rings. The van der Waals surface area contributed by atoms with E-state index in [1.165, 1.54) is 11.3 Å². The molecule has 0 saturated carbocycles. The minimum absolute atomic E-state index is 0.115. The zero-order valence-electron chi connectivity index (χ0n) is 9.24. The van der Waals surface area contributed by atoms with Crippen molar-refractivity contribution in [3.05, 3.63) is 50.9 Å². The smallest absolute Gasteiger partial charge is 0.263 e. The number of benzene rings is 1. The molecule has 1 N–H and O–H groups in total. The average molecular weight is 267 g/mol. The van der Waals surface area contributed by atoms with Crippen LogP contribution >= 0.6 is 22.9 Å². The lowest BCUT2D eigenvalue weighted by Crippen LogP contribution is -2.21. The van der Waals surface area contributed by atoms with Gasteiger partial charge in [-0.3, -0.25) is 4.79 Å². The van der Waals surface area contributed by atoms with Gasteiger partial charge >= 0.3 is 0 Å². The molecule has 1 heterocycles. The van der Waals surface area contributed by atoms with Crippen LogP contribution in [0.3, 0.4) is 0 Å². The second-order valence-electron chi connectivity index (χ2n) is 3.52. The first kappa shape index (κ1) is 12.1. The summed E-state index contributed by atoms with van der Waals surface area (Å²) in [7, 11) is 0. The van der Waals surface area contributed by atoms with Crippen LogP contribution in [0.2, 0.25) is 5.02 Å². The van der Waals surface area contributed by atoms with Crippen molar-refractivity contribution < 1.29 is 4.79 Å². The maximum Gasteiger partial charge on any atom is 0.263 e. The van der Waals surface area contributed by atoms with Crippen molar-refractivity contribution in [3.8, 4) is 0 Å². The van der Waals surface area contributed by atoms with Gasteiger partial charge in [-0.25, -0.2) is 4.98 Å². The fourth-order valence-electron chi connectivity index (χ4n) is 1.37. The fraction of sp³-hybridized carbons (Fsp3) is 0.167. The summed E-state index contributed by atoms with van der Waals surface area (Å²) in [6.07, 6.45) is 1.59. The van der Waals surface area contributed by atoms with Gasteiger partial charge in [0, 0.05) is 11.6 Å². The van der Waals surface area contributed by atoms with Crippen LogP contribution in [0.15, 0.2) is 30.5 Å². The summed E-state index contributed by atoms with van der Waals surface area (Å²) in [5.41, 5.74) is 0.906. The number of hydrogen-bond donors (Lipinski definition) is 1. The normalized spacial score (nSPS) is 10.2. The van der Waals surface area contributed by atoms with E-state index in [1.807, 2.05) is 25.1 Å². The molecule has 1 amide bonds. The third kappa shape index (κ3) is 3.05. The lowest BCUT2D eigenvalue weighted by molar-refractivity contribution is 0.0955. The standard InChI is InChI=1S/C12H11ClN2OS/c1-8-14-7-11(17-8)12(16)15-6-9-4-2-3-5-10(9)13/h2-5,7H,6H2,1H3,(H,15,16). The number of aryl methyl sites for hydroxylation is 1. The number of aromatic nitrogens is 1. The Balaban J connectivity index is 1.99. The Morgan fingerprint density at radius 1 is 1.47 bits per heavy atom. The summed E-state index contributed by atoms with van der Waals surface area (Å²) in [5.74, 6) is -0.115. The second kappa shape index (κ2) is 5.29. The Kier molecular flexibility index (Phi) is 3.76. The van der Waals surface area contributed by atoms with Crippen molar-refractivity contribution in [2.75, 3.05) is 0 Å². The number of nitrogens with one attached hydrogen (secondary N) is 1. The van der Waals surface area contributed by atoms with E-state index in [1.54, 1.807) is 12.3 Å². The van der Waals surface area contributed by atoms with Gasteiger partial charge in [-0.15, -0.1) is 11.3 Å². The summed E-state index contributed by atoms with van der Waals surface area (Å²) in [6, 6.07) is 7.45. The van der Waals surface area contributed by atoms with Gasteiger partial charge in [-0.05, 0) is 18.6 Å².